The van der Waals surface area contributed by atoms with E-state index >= 15 is 0 Å². The molecule has 0 amide bonds. The quantitative estimate of drug-likeness (QED) is 0.668. The molecule has 0 fully saturated rings. The summed E-state index contributed by atoms with van der Waals surface area (Å²) in [5, 5.41) is 12.9. The molecule has 0 aliphatic carbocycles. The molecule has 0 aliphatic rings. The number of aryl methyl sites for hydroxylation is 2. The van der Waals surface area contributed by atoms with E-state index < -0.39 is 5.97 Å². The second kappa shape index (κ2) is 7.22. The maximum atomic E-state index is 11.6. The van der Waals surface area contributed by atoms with Crippen LogP contribution in [-0.2, 0) is 6.54 Å². The van der Waals surface area contributed by atoms with E-state index in [1.54, 1.807) is 6.07 Å². The average molecular weight is 331 g/mol. The molecule has 3 aromatic carbocycles. The van der Waals surface area contributed by atoms with Crippen LogP contribution in [0.5, 0.6) is 0 Å². The first-order valence-electron chi connectivity index (χ1n) is 8.27. The number of hydrogen-bond donors (Lipinski definition) is 2. The molecule has 0 aromatic heterocycles. The van der Waals surface area contributed by atoms with E-state index in [0.29, 0.717) is 12.1 Å². The second-order valence-electron chi connectivity index (χ2n) is 6.22. The summed E-state index contributed by atoms with van der Waals surface area (Å²) in [5.74, 6) is -0.906. The summed E-state index contributed by atoms with van der Waals surface area (Å²) in [4.78, 5) is 11.6. The highest BCUT2D eigenvalue weighted by atomic mass is 16.4. The zero-order chi connectivity index (χ0) is 17.8. The van der Waals surface area contributed by atoms with Gasteiger partial charge in [-0.1, -0.05) is 48.0 Å². The molecule has 126 valence electrons. The molecule has 2 N–H and O–H groups in total. The van der Waals surface area contributed by atoms with Crippen molar-refractivity contribution in [1.29, 1.82) is 0 Å². The minimum absolute atomic E-state index is 0.327. The molecule has 0 unspecified atom stereocenters. The van der Waals surface area contributed by atoms with Crippen LogP contribution < -0.4 is 5.32 Å². The minimum atomic E-state index is -0.906. The summed E-state index contributed by atoms with van der Waals surface area (Å²) in [5.41, 5.74) is 6.42. The van der Waals surface area contributed by atoms with Gasteiger partial charge in [-0.2, -0.15) is 0 Å². The Morgan fingerprint density at radius 1 is 0.920 bits per heavy atom. The van der Waals surface area contributed by atoms with Crippen LogP contribution in [0, 0.1) is 13.8 Å². The lowest BCUT2D eigenvalue weighted by molar-refractivity contribution is 0.0697. The van der Waals surface area contributed by atoms with Gasteiger partial charge in [0.05, 0.1) is 5.56 Å². The van der Waals surface area contributed by atoms with Crippen molar-refractivity contribution in [1.82, 2.24) is 0 Å². The molecule has 0 radical (unpaired) electrons. The third-order valence-electron chi connectivity index (χ3n) is 4.30. The zero-order valence-corrected chi connectivity index (χ0v) is 14.4. The summed E-state index contributed by atoms with van der Waals surface area (Å²) in [7, 11) is 0. The average Bonchev–Trinajstić information content (AvgIpc) is 2.61. The fraction of sp³-hybridized carbons (Fsp3) is 0.136. The summed E-state index contributed by atoms with van der Waals surface area (Å²) in [6, 6.07) is 21.6. The van der Waals surface area contributed by atoms with Crippen molar-refractivity contribution in [2.24, 2.45) is 0 Å². The number of nitrogens with one attached hydrogen (secondary N) is 1. The first kappa shape index (κ1) is 16.8. The van der Waals surface area contributed by atoms with Crippen molar-refractivity contribution < 1.29 is 9.90 Å². The van der Waals surface area contributed by atoms with Crippen molar-refractivity contribution in [3.8, 4) is 11.1 Å². The fourth-order valence-corrected chi connectivity index (χ4v) is 2.86. The van der Waals surface area contributed by atoms with Gasteiger partial charge in [-0.25, -0.2) is 4.79 Å². The number of carboxylic acids is 1. The summed E-state index contributed by atoms with van der Waals surface area (Å²) >= 11 is 0. The minimum Gasteiger partial charge on any atom is -0.478 e. The predicted octanol–water partition coefficient (Wildman–Crippen LogP) is 5.28. The largest absolute Gasteiger partial charge is 0.478 e. The molecule has 3 heteroatoms. The Kier molecular flexibility index (Phi) is 4.85. The van der Waals surface area contributed by atoms with Crippen molar-refractivity contribution in [3.63, 3.8) is 0 Å². The van der Waals surface area contributed by atoms with Crippen molar-refractivity contribution in [3.05, 3.63) is 89.0 Å². The Balaban J connectivity index is 1.91. The first-order valence-corrected chi connectivity index (χ1v) is 8.27. The highest BCUT2D eigenvalue weighted by molar-refractivity contribution is 5.96. The number of carbonyl (C=O) groups is 1. The predicted molar refractivity (Wildman–Crippen MR) is 102 cm³/mol. The molecule has 3 aromatic rings. The number of rotatable bonds is 5. The van der Waals surface area contributed by atoms with Crippen LogP contribution in [0.1, 0.15) is 27.0 Å². The van der Waals surface area contributed by atoms with Gasteiger partial charge in [0.1, 0.15) is 0 Å². The smallest absolute Gasteiger partial charge is 0.336 e. The molecule has 0 saturated carbocycles. The lowest BCUT2D eigenvalue weighted by atomic mass is 9.94. The standard InChI is InChI=1S/C22H21NO2/c1-15-7-10-18(11-8-15)23-14-17-9-12-20(22(24)25)21(13-17)19-6-4-3-5-16(19)2/h3-13,23H,14H2,1-2H3,(H,24,25). The lowest BCUT2D eigenvalue weighted by Crippen LogP contribution is -2.04. The molecule has 0 saturated heterocycles. The Hall–Kier alpha value is -3.07. The number of aromatic carboxylic acids is 1. The highest BCUT2D eigenvalue weighted by Crippen LogP contribution is 2.28. The van der Waals surface area contributed by atoms with E-state index in [1.807, 2.05) is 55.5 Å². The summed E-state index contributed by atoms with van der Waals surface area (Å²) < 4.78 is 0. The van der Waals surface area contributed by atoms with Crippen LogP contribution in [0.25, 0.3) is 11.1 Å². The molecule has 3 rings (SSSR count). The van der Waals surface area contributed by atoms with Gasteiger partial charge in [0.25, 0.3) is 0 Å². The number of carboxylic acid groups (broad SMARTS) is 1. The maximum absolute atomic E-state index is 11.6. The van der Waals surface area contributed by atoms with Gasteiger partial charge in [-0.15, -0.1) is 0 Å². The third-order valence-corrected chi connectivity index (χ3v) is 4.30. The Morgan fingerprint density at radius 2 is 1.64 bits per heavy atom. The van der Waals surface area contributed by atoms with Crippen molar-refractivity contribution >= 4 is 11.7 Å². The third kappa shape index (κ3) is 3.89. The van der Waals surface area contributed by atoms with E-state index in [1.165, 1.54) is 5.56 Å². The van der Waals surface area contributed by atoms with Gasteiger partial charge in [-0.3, -0.25) is 0 Å². The molecular formula is C22H21NO2. The number of anilines is 1. The topological polar surface area (TPSA) is 49.3 Å². The second-order valence-corrected chi connectivity index (χ2v) is 6.22. The van der Waals surface area contributed by atoms with Crippen LogP contribution in [0.3, 0.4) is 0 Å². The zero-order valence-electron chi connectivity index (χ0n) is 14.4. The number of benzene rings is 3. The summed E-state index contributed by atoms with van der Waals surface area (Å²) in [6.45, 7) is 4.70. The molecule has 0 bridgehead atoms. The van der Waals surface area contributed by atoms with Crippen molar-refractivity contribution in [2.45, 2.75) is 20.4 Å². The number of hydrogen-bond acceptors (Lipinski definition) is 2. The van der Waals surface area contributed by atoms with Crippen LogP contribution in [-0.4, -0.2) is 11.1 Å². The Morgan fingerprint density at radius 3 is 2.32 bits per heavy atom. The monoisotopic (exact) mass is 331 g/mol. The van der Waals surface area contributed by atoms with Gasteiger partial charge in [-0.05, 0) is 60.4 Å². The highest BCUT2D eigenvalue weighted by Gasteiger charge is 2.14. The van der Waals surface area contributed by atoms with Crippen LogP contribution in [0.15, 0.2) is 66.7 Å². The molecule has 3 nitrogen and oxygen atoms in total. The van der Waals surface area contributed by atoms with Gasteiger partial charge >= 0.3 is 5.97 Å². The van der Waals surface area contributed by atoms with Gasteiger partial charge in [0.2, 0.25) is 0 Å². The SMILES string of the molecule is Cc1ccc(NCc2ccc(C(=O)O)c(-c3ccccc3C)c2)cc1. The molecule has 25 heavy (non-hydrogen) atoms. The Bertz CT molecular complexity index is 898. The van der Waals surface area contributed by atoms with E-state index in [-0.39, 0.29) is 0 Å². The fourth-order valence-electron chi connectivity index (χ4n) is 2.86. The first-order chi connectivity index (χ1) is 12.0. The van der Waals surface area contributed by atoms with Crippen LogP contribution in [0.2, 0.25) is 0 Å². The van der Waals surface area contributed by atoms with E-state index in [9.17, 15) is 9.90 Å². The van der Waals surface area contributed by atoms with Crippen LogP contribution >= 0.6 is 0 Å². The van der Waals surface area contributed by atoms with Gasteiger partial charge in [0.15, 0.2) is 0 Å². The van der Waals surface area contributed by atoms with Crippen LogP contribution in [0.4, 0.5) is 5.69 Å². The lowest BCUT2D eigenvalue weighted by Gasteiger charge is -2.13. The molecule has 0 aliphatic heterocycles. The van der Waals surface area contributed by atoms with E-state index in [4.69, 9.17) is 0 Å². The maximum Gasteiger partial charge on any atom is 0.336 e. The normalized spacial score (nSPS) is 10.5. The Labute approximate surface area is 148 Å². The van der Waals surface area contributed by atoms with Crippen molar-refractivity contribution in [2.75, 3.05) is 5.32 Å². The molecule has 0 atom stereocenters. The molecule has 0 heterocycles. The molecule has 0 spiro atoms. The van der Waals surface area contributed by atoms with E-state index in [0.717, 1.165) is 27.9 Å². The molecular weight excluding hydrogens is 310 g/mol. The van der Waals surface area contributed by atoms with Gasteiger partial charge in [0, 0.05) is 12.2 Å². The summed E-state index contributed by atoms with van der Waals surface area (Å²) in [6.07, 6.45) is 0. The van der Waals surface area contributed by atoms with E-state index in [2.05, 4.69) is 24.4 Å². The van der Waals surface area contributed by atoms with Gasteiger partial charge < -0.3 is 10.4 Å².